The molecule has 0 spiro atoms. The molecule has 9 aromatic rings. The number of imidazole rings is 2. The van der Waals surface area contributed by atoms with Crippen molar-refractivity contribution in [1.29, 1.82) is 0 Å². The van der Waals surface area contributed by atoms with Crippen LogP contribution in [0, 0.1) is 0 Å². The van der Waals surface area contributed by atoms with Crippen LogP contribution in [0.5, 0.6) is 0 Å². The minimum atomic E-state index is 0.609. The summed E-state index contributed by atoms with van der Waals surface area (Å²) < 4.78 is 10.7. The predicted octanol–water partition coefficient (Wildman–Crippen LogP) is 8.36. The zero-order chi connectivity index (χ0) is 28.3. The molecule has 0 aliphatic carbocycles. The lowest BCUT2D eigenvalue weighted by atomic mass is 10.1. The lowest BCUT2D eigenvalue weighted by molar-refractivity contribution is 0.645. The molecule has 0 atom stereocenters. The van der Waals surface area contributed by atoms with E-state index in [4.69, 9.17) is 24.4 Å². The Hall–Kier alpha value is -6.08. The fourth-order valence-electron chi connectivity index (χ4n) is 5.79. The Balaban J connectivity index is 1.23. The van der Waals surface area contributed by atoms with E-state index < -0.39 is 0 Å². The van der Waals surface area contributed by atoms with Crippen molar-refractivity contribution < 1.29 is 4.42 Å². The van der Waals surface area contributed by atoms with Crippen LogP contribution in [-0.4, -0.2) is 28.9 Å². The van der Waals surface area contributed by atoms with Crippen molar-refractivity contribution in [3.05, 3.63) is 133 Å². The molecule has 0 amide bonds. The van der Waals surface area contributed by atoms with Gasteiger partial charge >= 0.3 is 0 Å². The average Bonchev–Trinajstić information content (AvgIpc) is 3.73. The summed E-state index contributed by atoms with van der Waals surface area (Å²) in [5.74, 6) is 2.67. The maximum absolute atomic E-state index is 6.44. The van der Waals surface area contributed by atoms with Gasteiger partial charge in [-0.2, -0.15) is 0 Å². The second-order valence-corrected chi connectivity index (χ2v) is 10.4. The van der Waals surface area contributed by atoms with Gasteiger partial charge in [-0.05, 0) is 48.5 Å². The maximum atomic E-state index is 6.44. The summed E-state index contributed by atoms with van der Waals surface area (Å²) >= 11 is 0. The van der Waals surface area contributed by atoms with Gasteiger partial charge < -0.3 is 4.42 Å². The Morgan fingerprint density at radius 1 is 0.488 bits per heavy atom. The van der Waals surface area contributed by atoms with Crippen LogP contribution in [0.1, 0.15) is 0 Å². The average molecular weight is 555 g/mol. The topological polar surface area (TPSA) is 74.0 Å². The first kappa shape index (κ1) is 23.6. The van der Waals surface area contributed by atoms with E-state index in [1.807, 2.05) is 109 Å². The molecular weight excluding hydrogens is 532 g/mol. The van der Waals surface area contributed by atoms with Crippen molar-refractivity contribution in [2.75, 3.05) is 0 Å². The number of para-hydroxylation sites is 3. The molecule has 4 aromatic heterocycles. The van der Waals surface area contributed by atoms with Crippen molar-refractivity contribution >= 4 is 39.0 Å². The second kappa shape index (κ2) is 9.22. The molecular formula is C36H22N6O. The molecule has 0 bridgehead atoms. The molecule has 43 heavy (non-hydrogen) atoms. The monoisotopic (exact) mass is 554 g/mol. The van der Waals surface area contributed by atoms with Gasteiger partial charge in [0, 0.05) is 22.1 Å². The van der Waals surface area contributed by atoms with Crippen LogP contribution in [-0.2, 0) is 0 Å². The molecule has 5 aromatic carbocycles. The maximum Gasteiger partial charge on any atom is 0.232 e. The van der Waals surface area contributed by atoms with Crippen LogP contribution in [0.25, 0.3) is 78.9 Å². The number of hydrogen-bond donors (Lipinski definition) is 0. The number of fused-ring (bicyclic) bond motifs is 7. The molecule has 0 radical (unpaired) electrons. The van der Waals surface area contributed by atoms with Gasteiger partial charge in [0.2, 0.25) is 11.5 Å². The number of furan rings is 1. The van der Waals surface area contributed by atoms with Gasteiger partial charge in [0.15, 0.2) is 17.5 Å². The summed E-state index contributed by atoms with van der Waals surface area (Å²) in [6.45, 7) is 0. The first-order chi connectivity index (χ1) is 21.3. The highest BCUT2D eigenvalue weighted by Crippen LogP contribution is 2.36. The minimum Gasteiger partial charge on any atom is -0.437 e. The van der Waals surface area contributed by atoms with Gasteiger partial charge in [0.1, 0.15) is 11.1 Å². The zero-order valence-electron chi connectivity index (χ0n) is 22.8. The third-order valence-electron chi connectivity index (χ3n) is 7.80. The van der Waals surface area contributed by atoms with Crippen LogP contribution in [0.4, 0.5) is 0 Å². The first-order valence-electron chi connectivity index (χ1n) is 14.1. The number of aromatic nitrogens is 6. The van der Waals surface area contributed by atoms with E-state index in [-0.39, 0.29) is 0 Å². The van der Waals surface area contributed by atoms with E-state index in [0.717, 1.165) is 61.4 Å². The van der Waals surface area contributed by atoms with E-state index in [0.29, 0.717) is 17.5 Å². The lowest BCUT2D eigenvalue weighted by Crippen LogP contribution is -2.00. The summed E-state index contributed by atoms with van der Waals surface area (Å²) in [6.07, 6.45) is 0. The van der Waals surface area contributed by atoms with E-state index >= 15 is 0 Å². The molecule has 4 heterocycles. The fourth-order valence-corrected chi connectivity index (χ4v) is 5.79. The SMILES string of the molecule is c1ccc(-c2nc(-c3ccccc3)nc(-c3ccc(-n4c5oc6ccccc6c5n5c6ccccc6nc45)cc3)n2)cc1. The largest absolute Gasteiger partial charge is 0.437 e. The summed E-state index contributed by atoms with van der Waals surface area (Å²) in [6, 6.07) is 44.5. The summed E-state index contributed by atoms with van der Waals surface area (Å²) in [5.41, 5.74) is 8.25. The van der Waals surface area contributed by atoms with E-state index in [1.54, 1.807) is 0 Å². The van der Waals surface area contributed by atoms with Crippen molar-refractivity contribution in [3.8, 4) is 39.9 Å². The molecule has 0 N–H and O–H groups in total. The molecule has 0 fully saturated rings. The molecule has 0 aliphatic heterocycles. The van der Waals surface area contributed by atoms with Crippen LogP contribution < -0.4 is 0 Å². The number of rotatable bonds is 4. The van der Waals surface area contributed by atoms with Crippen LogP contribution in [0.2, 0.25) is 0 Å². The standard InChI is InChI=1S/C36H22N6O/c1-3-11-23(12-4-1)32-38-33(24-13-5-2-6-14-24)40-34(39-32)25-19-21-26(22-20-25)41-35-31(27-15-7-10-18-30(27)43-35)42-29-17-9-8-16-28(29)37-36(41)42/h1-22H. The zero-order valence-corrected chi connectivity index (χ0v) is 22.8. The third kappa shape index (κ3) is 3.68. The number of benzene rings is 5. The number of nitrogens with zero attached hydrogens (tertiary/aromatic N) is 6. The molecule has 0 aliphatic rings. The van der Waals surface area contributed by atoms with Gasteiger partial charge in [0.05, 0.1) is 16.7 Å². The Kier molecular flexibility index (Phi) is 5.06. The molecule has 9 rings (SSSR count). The second-order valence-electron chi connectivity index (χ2n) is 10.4. The van der Waals surface area contributed by atoms with E-state index in [1.165, 1.54) is 0 Å². The predicted molar refractivity (Wildman–Crippen MR) is 169 cm³/mol. The fraction of sp³-hybridized carbons (Fsp3) is 0. The molecule has 202 valence electrons. The van der Waals surface area contributed by atoms with Gasteiger partial charge in [-0.15, -0.1) is 0 Å². The Morgan fingerprint density at radius 3 is 1.72 bits per heavy atom. The molecule has 0 unspecified atom stereocenters. The molecule has 0 saturated carbocycles. The van der Waals surface area contributed by atoms with Crippen molar-refractivity contribution in [2.24, 2.45) is 0 Å². The summed E-state index contributed by atoms with van der Waals surface area (Å²) in [7, 11) is 0. The quantitative estimate of drug-likeness (QED) is 0.219. The van der Waals surface area contributed by atoms with Crippen LogP contribution >= 0.6 is 0 Å². The van der Waals surface area contributed by atoms with Gasteiger partial charge in [-0.1, -0.05) is 84.9 Å². The highest BCUT2D eigenvalue weighted by molar-refractivity contribution is 6.06. The first-order valence-corrected chi connectivity index (χ1v) is 14.1. The van der Waals surface area contributed by atoms with Crippen molar-refractivity contribution in [2.45, 2.75) is 0 Å². The van der Waals surface area contributed by atoms with Gasteiger partial charge in [-0.3, -0.25) is 4.40 Å². The highest BCUT2D eigenvalue weighted by Gasteiger charge is 2.23. The third-order valence-corrected chi connectivity index (χ3v) is 7.80. The smallest absolute Gasteiger partial charge is 0.232 e. The Bertz CT molecular complexity index is 2290. The highest BCUT2D eigenvalue weighted by atomic mass is 16.3. The van der Waals surface area contributed by atoms with E-state index in [2.05, 4.69) is 33.2 Å². The lowest BCUT2D eigenvalue weighted by Gasteiger charge is -2.09. The minimum absolute atomic E-state index is 0.609. The molecule has 7 heteroatoms. The summed E-state index contributed by atoms with van der Waals surface area (Å²) in [4.78, 5) is 19.6. The Labute approximate surface area is 245 Å². The van der Waals surface area contributed by atoms with Gasteiger partial charge in [0.25, 0.3) is 0 Å². The van der Waals surface area contributed by atoms with Gasteiger partial charge in [-0.25, -0.2) is 24.5 Å². The van der Waals surface area contributed by atoms with E-state index in [9.17, 15) is 0 Å². The Morgan fingerprint density at radius 2 is 1.05 bits per heavy atom. The van der Waals surface area contributed by atoms with Crippen LogP contribution in [0.3, 0.4) is 0 Å². The van der Waals surface area contributed by atoms with Crippen molar-refractivity contribution in [3.63, 3.8) is 0 Å². The van der Waals surface area contributed by atoms with Crippen LogP contribution in [0.15, 0.2) is 138 Å². The number of hydrogen-bond acceptors (Lipinski definition) is 5. The molecule has 0 saturated heterocycles. The summed E-state index contributed by atoms with van der Waals surface area (Å²) in [5, 5.41) is 1.05. The van der Waals surface area contributed by atoms with Crippen molar-refractivity contribution in [1.82, 2.24) is 28.9 Å². The molecule has 7 nitrogen and oxygen atoms in total. The normalized spacial score (nSPS) is 11.7.